The van der Waals surface area contributed by atoms with E-state index in [1.165, 1.54) is 11.0 Å². The summed E-state index contributed by atoms with van der Waals surface area (Å²) in [6, 6.07) is 0. The Bertz CT molecular complexity index is 535. The second kappa shape index (κ2) is 7.47. The minimum absolute atomic E-state index is 0.0789. The van der Waals surface area contributed by atoms with Gasteiger partial charge in [-0.15, -0.1) is 6.42 Å². The zero-order valence-corrected chi connectivity index (χ0v) is 14.4. The monoisotopic (exact) mass is 318 g/mol. The number of amides is 2. The summed E-state index contributed by atoms with van der Waals surface area (Å²) in [5.74, 6) is 2.37. The number of hydrogen-bond acceptors (Lipinski definition) is 3. The van der Waals surface area contributed by atoms with E-state index in [0.29, 0.717) is 31.8 Å². The van der Waals surface area contributed by atoms with Crippen LogP contribution in [0.15, 0.2) is 24.4 Å². The Morgan fingerprint density at radius 3 is 2.57 bits per heavy atom. The molecule has 1 aliphatic rings. The van der Waals surface area contributed by atoms with Gasteiger partial charge in [0.25, 0.3) is 5.91 Å². The molecule has 126 valence electrons. The highest BCUT2D eigenvalue weighted by molar-refractivity contribution is 5.93. The molecule has 23 heavy (non-hydrogen) atoms. The van der Waals surface area contributed by atoms with Gasteiger partial charge in [0.1, 0.15) is 5.60 Å². The van der Waals surface area contributed by atoms with Crippen LogP contribution in [-0.2, 0) is 14.3 Å². The summed E-state index contributed by atoms with van der Waals surface area (Å²) in [6.07, 6.45) is 9.06. The van der Waals surface area contributed by atoms with Crippen molar-refractivity contribution in [3.8, 4) is 12.3 Å². The van der Waals surface area contributed by atoms with Crippen molar-refractivity contribution in [2.45, 2.75) is 39.7 Å². The molecule has 5 nitrogen and oxygen atoms in total. The Balaban J connectivity index is 2.36. The Morgan fingerprint density at radius 2 is 2.04 bits per heavy atom. The van der Waals surface area contributed by atoms with E-state index in [2.05, 4.69) is 17.8 Å². The summed E-state index contributed by atoms with van der Waals surface area (Å²) in [4.78, 5) is 25.4. The van der Waals surface area contributed by atoms with Gasteiger partial charge < -0.3 is 15.0 Å². The van der Waals surface area contributed by atoms with Gasteiger partial charge in [0, 0.05) is 36.9 Å². The van der Waals surface area contributed by atoms with E-state index in [1.807, 2.05) is 27.7 Å². The molecule has 1 N–H and O–H groups in total. The second-order valence-corrected chi connectivity index (χ2v) is 6.71. The van der Waals surface area contributed by atoms with Crippen molar-refractivity contribution in [3.63, 3.8) is 0 Å². The van der Waals surface area contributed by atoms with Gasteiger partial charge in [-0.3, -0.25) is 9.59 Å². The number of nitrogens with one attached hydrogen (secondary N) is 1. The summed E-state index contributed by atoms with van der Waals surface area (Å²) in [5, 5.41) is 2.85. The molecule has 0 spiro atoms. The molecule has 1 aliphatic heterocycles. The summed E-state index contributed by atoms with van der Waals surface area (Å²) < 4.78 is 5.59. The lowest BCUT2D eigenvalue weighted by Gasteiger charge is -2.26. The number of rotatable bonds is 8. The molecule has 0 aromatic rings. The first-order chi connectivity index (χ1) is 10.6. The maximum Gasteiger partial charge on any atom is 0.251 e. The number of carbonyl (C=O) groups excluding carboxylic acids is 2. The van der Waals surface area contributed by atoms with Crippen molar-refractivity contribution in [1.29, 1.82) is 0 Å². The van der Waals surface area contributed by atoms with Crippen LogP contribution in [0.5, 0.6) is 0 Å². The smallest absolute Gasteiger partial charge is 0.251 e. The van der Waals surface area contributed by atoms with Gasteiger partial charge in [0.05, 0.1) is 0 Å². The lowest BCUT2D eigenvalue weighted by atomic mass is 9.88. The van der Waals surface area contributed by atoms with Crippen LogP contribution in [0.1, 0.15) is 34.1 Å². The highest BCUT2D eigenvalue weighted by atomic mass is 16.5. The maximum atomic E-state index is 12.3. The van der Waals surface area contributed by atoms with Crippen molar-refractivity contribution >= 4 is 11.8 Å². The Hall–Kier alpha value is -2.06. The molecule has 1 rings (SSSR count). The van der Waals surface area contributed by atoms with Crippen LogP contribution in [0.3, 0.4) is 0 Å². The Kier molecular flexibility index (Phi) is 6.17. The fourth-order valence-electron chi connectivity index (χ4n) is 1.98. The SMILES string of the molecule is C#CC(C)(C)OCCC(C)(C)C(=O)NCCN1C(=C)C=CC1=O. The number of ether oxygens (including phenoxy) is 1. The molecule has 0 aromatic heterocycles. The van der Waals surface area contributed by atoms with Crippen LogP contribution < -0.4 is 5.32 Å². The number of terminal acetylenes is 1. The lowest BCUT2D eigenvalue weighted by molar-refractivity contribution is -0.131. The van der Waals surface area contributed by atoms with Gasteiger partial charge in [-0.05, 0) is 26.3 Å². The van der Waals surface area contributed by atoms with Crippen LogP contribution in [0.25, 0.3) is 0 Å². The number of carbonyl (C=O) groups is 2. The molecule has 0 saturated carbocycles. The third kappa shape index (κ3) is 5.57. The molecule has 1 heterocycles. The number of hydrogen-bond donors (Lipinski definition) is 1. The van der Waals surface area contributed by atoms with Gasteiger partial charge >= 0.3 is 0 Å². The fraction of sp³-hybridized carbons (Fsp3) is 0.556. The van der Waals surface area contributed by atoms with Gasteiger partial charge in [0.2, 0.25) is 5.91 Å². The van der Waals surface area contributed by atoms with Crippen LogP contribution in [0.2, 0.25) is 0 Å². The van der Waals surface area contributed by atoms with Crippen LogP contribution in [0.4, 0.5) is 0 Å². The van der Waals surface area contributed by atoms with E-state index >= 15 is 0 Å². The summed E-state index contributed by atoms with van der Waals surface area (Å²) in [7, 11) is 0. The predicted molar refractivity (Wildman–Crippen MR) is 90.3 cm³/mol. The van der Waals surface area contributed by atoms with Crippen LogP contribution in [0, 0.1) is 17.8 Å². The molecule has 2 amide bonds. The molecule has 0 atom stereocenters. The summed E-state index contributed by atoms with van der Waals surface area (Å²) in [6.45, 7) is 12.3. The summed E-state index contributed by atoms with van der Waals surface area (Å²) in [5.41, 5.74) is -0.557. The topological polar surface area (TPSA) is 58.6 Å². The van der Waals surface area contributed by atoms with Crippen molar-refractivity contribution in [3.05, 3.63) is 24.4 Å². The Labute approximate surface area is 138 Å². The summed E-state index contributed by atoms with van der Waals surface area (Å²) >= 11 is 0. The van der Waals surface area contributed by atoms with E-state index in [4.69, 9.17) is 11.2 Å². The van der Waals surface area contributed by atoms with Crippen LogP contribution >= 0.6 is 0 Å². The first-order valence-electron chi connectivity index (χ1n) is 7.67. The highest BCUT2D eigenvalue weighted by Gasteiger charge is 2.28. The van der Waals surface area contributed by atoms with Gasteiger partial charge in [-0.2, -0.15) is 0 Å². The molecule has 0 fully saturated rings. The minimum Gasteiger partial charge on any atom is -0.363 e. The predicted octanol–water partition coefficient (Wildman–Crippen LogP) is 1.86. The number of allylic oxidation sites excluding steroid dienone is 1. The zero-order chi connectivity index (χ0) is 17.7. The Morgan fingerprint density at radius 1 is 1.39 bits per heavy atom. The largest absolute Gasteiger partial charge is 0.363 e. The molecule has 0 saturated heterocycles. The molecule has 5 heteroatoms. The zero-order valence-electron chi connectivity index (χ0n) is 14.4. The molecule has 0 radical (unpaired) electrons. The molecule has 0 aromatic carbocycles. The van der Waals surface area contributed by atoms with Gasteiger partial charge in [-0.1, -0.05) is 26.3 Å². The maximum absolute atomic E-state index is 12.3. The quantitative estimate of drug-likeness (QED) is 0.695. The normalized spacial score (nSPS) is 15.0. The van der Waals surface area contributed by atoms with E-state index in [9.17, 15) is 9.59 Å². The first kappa shape index (κ1) is 19.0. The molecular formula is C18H26N2O3. The molecular weight excluding hydrogens is 292 g/mol. The van der Waals surface area contributed by atoms with E-state index in [0.717, 1.165) is 0 Å². The average Bonchev–Trinajstić information content (AvgIpc) is 2.78. The first-order valence-corrected chi connectivity index (χ1v) is 7.67. The highest BCUT2D eigenvalue weighted by Crippen LogP contribution is 2.22. The lowest BCUT2D eigenvalue weighted by Crippen LogP contribution is -2.42. The molecule has 0 aliphatic carbocycles. The van der Waals surface area contributed by atoms with Gasteiger partial charge in [0.15, 0.2) is 0 Å². The van der Waals surface area contributed by atoms with Crippen molar-refractivity contribution < 1.29 is 14.3 Å². The third-order valence-corrected chi connectivity index (χ3v) is 3.80. The molecule has 0 unspecified atom stereocenters. The minimum atomic E-state index is -0.629. The van der Waals surface area contributed by atoms with Crippen molar-refractivity contribution in [1.82, 2.24) is 10.2 Å². The second-order valence-electron chi connectivity index (χ2n) is 6.71. The van der Waals surface area contributed by atoms with Crippen LogP contribution in [-0.4, -0.2) is 42.0 Å². The number of nitrogens with zero attached hydrogens (tertiary/aromatic N) is 1. The fourth-order valence-corrected chi connectivity index (χ4v) is 1.98. The standard InChI is InChI=1S/C18H26N2O3/c1-7-18(5,6)23-13-10-17(3,4)16(22)19-11-12-20-14(2)8-9-15(20)21/h1,8-9H,2,10-13H2,3-6H3,(H,19,22). The van der Waals surface area contributed by atoms with Gasteiger partial charge in [-0.25, -0.2) is 0 Å². The average molecular weight is 318 g/mol. The van der Waals surface area contributed by atoms with Crippen molar-refractivity contribution in [2.75, 3.05) is 19.7 Å². The van der Waals surface area contributed by atoms with E-state index < -0.39 is 11.0 Å². The molecule has 0 bridgehead atoms. The van der Waals surface area contributed by atoms with Crippen molar-refractivity contribution in [2.24, 2.45) is 5.41 Å². The third-order valence-electron chi connectivity index (χ3n) is 3.80. The van der Waals surface area contributed by atoms with E-state index in [-0.39, 0.29) is 11.8 Å². The van der Waals surface area contributed by atoms with E-state index in [1.54, 1.807) is 6.08 Å².